The second kappa shape index (κ2) is 7.77. The van der Waals surface area contributed by atoms with Gasteiger partial charge < -0.3 is 14.2 Å². The maximum atomic E-state index is 11.6. The molecule has 0 radical (unpaired) electrons. The Bertz CT molecular complexity index is 630. The van der Waals surface area contributed by atoms with Crippen LogP contribution in [0.25, 0.3) is 0 Å². The van der Waals surface area contributed by atoms with Gasteiger partial charge in [0.1, 0.15) is 12.0 Å². The van der Waals surface area contributed by atoms with Crippen LogP contribution in [0, 0.1) is 17.3 Å². The molecular formula is C17H19ClO4. The van der Waals surface area contributed by atoms with Crippen molar-refractivity contribution in [3.8, 4) is 17.6 Å². The standard InChI is InChI=1S/C17H19ClO4/c1-17(2,3)9-8-12-6-7-13(18)14(10-12)22-15(11-20-4)16(19)21-5/h6-7,10-11H,1-5H3/b15-11-. The molecule has 0 aliphatic heterocycles. The van der Waals surface area contributed by atoms with Crippen LogP contribution in [0.1, 0.15) is 26.3 Å². The first-order valence-corrected chi connectivity index (χ1v) is 6.96. The van der Waals surface area contributed by atoms with Gasteiger partial charge in [-0.15, -0.1) is 0 Å². The normalized spacial score (nSPS) is 11.3. The third-order valence-corrected chi connectivity index (χ3v) is 2.66. The minimum Gasteiger partial charge on any atom is -0.500 e. The number of hydrogen-bond donors (Lipinski definition) is 0. The maximum Gasteiger partial charge on any atom is 0.377 e. The average Bonchev–Trinajstić information content (AvgIpc) is 2.45. The van der Waals surface area contributed by atoms with Gasteiger partial charge in [0.25, 0.3) is 0 Å². The lowest BCUT2D eigenvalue weighted by Gasteiger charge is -2.10. The van der Waals surface area contributed by atoms with Crippen LogP contribution < -0.4 is 4.74 Å². The number of halogens is 1. The van der Waals surface area contributed by atoms with Gasteiger partial charge in [-0.3, -0.25) is 0 Å². The van der Waals surface area contributed by atoms with Crippen molar-refractivity contribution in [1.29, 1.82) is 0 Å². The molecule has 0 saturated carbocycles. The van der Waals surface area contributed by atoms with E-state index in [1.807, 2.05) is 20.8 Å². The van der Waals surface area contributed by atoms with Crippen LogP contribution in [-0.4, -0.2) is 20.2 Å². The summed E-state index contributed by atoms with van der Waals surface area (Å²) in [5, 5.41) is 0.354. The van der Waals surface area contributed by atoms with Gasteiger partial charge in [0, 0.05) is 11.0 Å². The molecule has 4 nitrogen and oxygen atoms in total. The van der Waals surface area contributed by atoms with Gasteiger partial charge in [-0.2, -0.15) is 0 Å². The van der Waals surface area contributed by atoms with Crippen LogP contribution in [0.5, 0.6) is 5.75 Å². The van der Waals surface area contributed by atoms with Crippen LogP contribution in [0.3, 0.4) is 0 Å². The van der Waals surface area contributed by atoms with E-state index in [4.69, 9.17) is 21.1 Å². The van der Waals surface area contributed by atoms with Crippen molar-refractivity contribution in [1.82, 2.24) is 0 Å². The molecular weight excluding hydrogens is 304 g/mol. The molecule has 0 spiro atoms. The fourth-order valence-corrected chi connectivity index (χ4v) is 1.52. The summed E-state index contributed by atoms with van der Waals surface area (Å²) in [4.78, 5) is 11.6. The minimum absolute atomic E-state index is 0.104. The highest BCUT2D eigenvalue weighted by atomic mass is 35.5. The number of carbonyl (C=O) groups is 1. The van der Waals surface area contributed by atoms with Crippen LogP contribution in [-0.2, 0) is 14.3 Å². The van der Waals surface area contributed by atoms with Gasteiger partial charge in [-0.1, -0.05) is 23.4 Å². The zero-order valence-corrected chi connectivity index (χ0v) is 14.1. The van der Waals surface area contributed by atoms with Gasteiger partial charge in [0.2, 0.25) is 5.76 Å². The van der Waals surface area contributed by atoms with Crippen LogP contribution >= 0.6 is 11.6 Å². The van der Waals surface area contributed by atoms with Crippen molar-refractivity contribution in [2.45, 2.75) is 20.8 Å². The zero-order chi connectivity index (χ0) is 16.8. The fourth-order valence-electron chi connectivity index (χ4n) is 1.36. The molecule has 5 heteroatoms. The second-order valence-corrected chi connectivity index (χ2v) is 5.86. The predicted molar refractivity (Wildman–Crippen MR) is 85.5 cm³/mol. The van der Waals surface area contributed by atoms with Crippen molar-refractivity contribution in [2.24, 2.45) is 5.41 Å². The Hall–Kier alpha value is -2.12. The number of methoxy groups -OCH3 is 2. The highest BCUT2D eigenvalue weighted by molar-refractivity contribution is 6.32. The summed E-state index contributed by atoms with van der Waals surface area (Å²) in [6.07, 6.45) is 1.15. The summed E-state index contributed by atoms with van der Waals surface area (Å²) < 4.78 is 14.9. The van der Waals surface area contributed by atoms with Crippen molar-refractivity contribution in [3.05, 3.63) is 40.8 Å². The molecule has 1 rings (SSSR count). The van der Waals surface area contributed by atoms with E-state index in [-0.39, 0.29) is 11.2 Å². The van der Waals surface area contributed by atoms with Crippen molar-refractivity contribution >= 4 is 17.6 Å². The molecule has 0 bridgehead atoms. The first-order valence-electron chi connectivity index (χ1n) is 6.58. The maximum absolute atomic E-state index is 11.6. The SMILES string of the molecule is CO/C=C(\Oc1cc(C#CC(C)(C)C)ccc1Cl)C(=O)OC. The lowest BCUT2D eigenvalue weighted by Crippen LogP contribution is -2.11. The van der Waals surface area contributed by atoms with E-state index < -0.39 is 5.97 Å². The van der Waals surface area contributed by atoms with Crippen molar-refractivity contribution in [3.63, 3.8) is 0 Å². The molecule has 22 heavy (non-hydrogen) atoms. The molecule has 0 heterocycles. The molecule has 0 fully saturated rings. The Morgan fingerprint density at radius 3 is 2.50 bits per heavy atom. The summed E-state index contributed by atoms with van der Waals surface area (Å²) >= 11 is 6.09. The summed E-state index contributed by atoms with van der Waals surface area (Å²) in [5.74, 6) is 5.70. The van der Waals surface area contributed by atoms with E-state index >= 15 is 0 Å². The van der Waals surface area contributed by atoms with E-state index in [1.54, 1.807) is 18.2 Å². The molecule has 0 N–H and O–H groups in total. The molecule has 1 aromatic rings. The summed E-state index contributed by atoms with van der Waals surface area (Å²) in [5.41, 5.74) is 0.615. The first kappa shape index (κ1) is 17.9. The number of carbonyl (C=O) groups excluding carboxylic acids is 1. The van der Waals surface area contributed by atoms with Gasteiger partial charge >= 0.3 is 5.97 Å². The molecule has 1 aromatic carbocycles. The minimum atomic E-state index is -0.663. The van der Waals surface area contributed by atoms with Crippen LogP contribution in [0.4, 0.5) is 0 Å². The number of rotatable bonds is 4. The number of ether oxygens (including phenoxy) is 3. The molecule has 0 atom stereocenters. The van der Waals surface area contributed by atoms with Gasteiger partial charge in [-0.05, 0) is 39.0 Å². The highest BCUT2D eigenvalue weighted by Gasteiger charge is 2.15. The fraction of sp³-hybridized carbons (Fsp3) is 0.353. The Balaban J connectivity index is 3.11. The smallest absolute Gasteiger partial charge is 0.377 e. The molecule has 0 aliphatic carbocycles. The van der Waals surface area contributed by atoms with Gasteiger partial charge in [-0.25, -0.2) is 4.79 Å². The molecule has 0 unspecified atom stereocenters. The molecule has 0 saturated heterocycles. The molecule has 0 amide bonds. The zero-order valence-electron chi connectivity index (χ0n) is 13.3. The Kier molecular flexibility index (Phi) is 6.33. The van der Waals surface area contributed by atoms with Crippen LogP contribution in [0.15, 0.2) is 30.2 Å². The summed E-state index contributed by atoms with van der Waals surface area (Å²) in [6.45, 7) is 6.05. The number of hydrogen-bond acceptors (Lipinski definition) is 4. The second-order valence-electron chi connectivity index (χ2n) is 5.46. The Morgan fingerprint density at radius 2 is 1.95 bits per heavy atom. The number of esters is 1. The lowest BCUT2D eigenvalue weighted by atomic mass is 9.97. The summed E-state index contributed by atoms with van der Waals surface area (Å²) in [6, 6.07) is 5.10. The predicted octanol–water partition coefficient (Wildman–Crippen LogP) is 3.78. The first-order chi connectivity index (χ1) is 10.3. The lowest BCUT2D eigenvalue weighted by molar-refractivity contribution is -0.138. The van der Waals surface area contributed by atoms with Crippen molar-refractivity contribution in [2.75, 3.05) is 14.2 Å². The monoisotopic (exact) mass is 322 g/mol. The molecule has 0 aliphatic rings. The molecule has 118 valence electrons. The molecule has 0 aromatic heterocycles. The van der Waals surface area contributed by atoms with E-state index in [1.165, 1.54) is 14.2 Å². The average molecular weight is 323 g/mol. The number of benzene rings is 1. The van der Waals surface area contributed by atoms with Gasteiger partial charge in [0.15, 0.2) is 0 Å². The largest absolute Gasteiger partial charge is 0.500 e. The Labute approximate surface area is 136 Å². The third kappa shape index (κ3) is 5.71. The van der Waals surface area contributed by atoms with E-state index in [9.17, 15) is 4.79 Å². The van der Waals surface area contributed by atoms with Crippen LogP contribution in [0.2, 0.25) is 5.02 Å². The quantitative estimate of drug-likeness (QED) is 0.366. The third-order valence-electron chi connectivity index (χ3n) is 2.34. The van der Waals surface area contributed by atoms with E-state index in [2.05, 4.69) is 16.6 Å². The Morgan fingerprint density at radius 1 is 1.27 bits per heavy atom. The van der Waals surface area contributed by atoms with E-state index in [0.717, 1.165) is 11.8 Å². The van der Waals surface area contributed by atoms with Gasteiger partial charge in [0.05, 0.1) is 19.2 Å². The van der Waals surface area contributed by atoms with Crippen molar-refractivity contribution < 1.29 is 19.0 Å². The van der Waals surface area contributed by atoms with E-state index in [0.29, 0.717) is 10.8 Å². The topological polar surface area (TPSA) is 44.8 Å². The summed E-state index contributed by atoms with van der Waals surface area (Å²) in [7, 11) is 2.65. The highest BCUT2D eigenvalue weighted by Crippen LogP contribution is 2.27.